The molecule has 0 saturated carbocycles. The molecule has 0 aliphatic carbocycles. The summed E-state index contributed by atoms with van der Waals surface area (Å²) in [5, 5.41) is 3.61. The largest absolute Gasteiger partial charge is 0.373 e. The van der Waals surface area contributed by atoms with E-state index in [4.69, 9.17) is 4.74 Å². The standard InChI is InChI=1S/C13H28N2O/c1-5-7-14-13(6-2)10-15-8-11(3)16-12(4)9-15/h11-14H,5-10H2,1-4H3. The number of rotatable bonds is 6. The summed E-state index contributed by atoms with van der Waals surface area (Å²) in [6.45, 7) is 13.3. The summed E-state index contributed by atoms with van der Waals surface area (Å²) in [6.07, 6.45) is 3.19. The molecule has 3 atom stereocenters. The van der Waals surface area contributed by atoms with E-state index >= 15 is 0 Å². The molecule has 16 heavy (non-hydrogen) atoms. The van der Waals surface area contributed by atoms with E-state index in [9.17, 15) is 0 Å². The van der Waals surface area contributed by atoms with Crippen LogP contribution in [0.15, 0.2) is 0 Å². The van der Waals surface area contributed by atoms with E-state index in [1.165, 1.54) is 12.8 Å². The SMILES string of the molecule is CCCNC(CC)CN1CC(C)OC(C)C1. The first-order valence-electron chi connectivity index (χ1n) is 6.76. The molecule has 0 aromatic heterocycles. The zero-order chi connectivity index (χ0) is 12.0. The van der Waals surface area contributed by atoms with Crippen molar-refractivity contribution in [2.45, 2.75) is 58.8 Å². The minimum absolute atomic E-state index is 0.382. The first-order chi connectivity index (χ1) is 7.65. The molecule has 0 aromatic carbocycles. The van der Waals surface area contributed by atoms with Crippen molar-refractivity contribution in [2.24, 2.45) is 0 Å². The molecule has 96 valence electrons. The molecule has 3 nitrogen and oxygen atoms in total. The van der Waals surface area contributed by atoms with Gasteiger partial charge in [0.1, 0.15) is 0 Å². The average Bonchev–Trinajstić information content (AvgIpc) is 2.22. The van der Waals surface area contributed by atoms with Gasteiger partial charge in [0.25, 0.3) is 0 Å². The Morgan fingerprint density at radius 2 is 1.88 bits per heavy atom. The number of nitrogens with one attached hydrogen (secondary N) is 1. The topological polar surface area (TPSA) is 24.5 Å². The van der Waals surface area contributed by atoms with Gasteiger partial charge in [0.05, 0.1) is 12.2 Å². The van der Waals surface area contributed by atoms with E-state index in [2.05, 4.69) is 37.9 Å². The van der Waals surface area contributed by atoms with Crippen LogP contribution in [0.4, 0.5) is 0 Å². The third-order valence-corrected chi connectivity index (χ3v) is 3.15. The van der Waals surface area contributed by atoms with Crippen molar-refractivity contribution in [1.82, 2.24) is 10.2 Å². The molecular formula is C13H28N2O. The molecule has 0 bridgehead atoms. The molecule has 0 spiro atoms. The van der Waals surface area contributed by atoms with Crippen LogP contribution in [0.5, 0.6) is 0 Å². The van der Waals surface area contributed by atoms with Crippen LogP contribution in [0.1, 0.15) is 40.5 Å². The summed E-state index contributed by atoms with van der Waals surface area (Å²) >= 11 is 0. The molecule has 1 saturated heterocycles. The highest BCUT2D eigenvalue weighted by Crippen LogP contribution is 2.11. The van der Waals surface area contributed by atoms with Crippen LogP contribution in [-0.2, 0) is 4.74 Å². The maximum atomic E-state index is 5.75. The number of morpholine rings is 1. The van der Waals surface area contributed by atoms with Gasteiger partial charge in [-0.2, -0.15) is 0 Å². The Labute approximate surface area is 101 Å². The third kappa shape index (κ3) is 4.81. The number of hydrogen-bond acceptors (Lipinski definition) is 3. The fraction of sp³-hybridized carbons (Fsp3) is 1.00. The van der Waals surface area contributed by atoms with E-state index in [1.807, 2.05) is 0 Å². The van der Waals surface area contributed by atoms with Crippen molar-refractivity contribution in [2.75, 3.05) is 26.2 Å². The predicted molar refractivity (Wildman–Crippen MR) is 68.8 cm³/mol. The van der Waals surface area contributed by atoms with Crippen molar-refractivity contribution in [3.05, 3.63) is 0 Å². The second-order valence-corrected chi connectivity index (χ2v) is 5.04. The fourth-order valence-electron chi connectivity index (χ4n) is 2.43. The molecule has 3 heteroatoms. The minimum Gasteiger partial charge on any atom is -0.373 e. The van der Waals surface area contributed by atoms with Crippen molar-refractivity contribution in [3.63, 3.8) is 0 Å². The van der Waals surface area contributed by atoms with Crippen LogP contribution in [-0.4, -0.2) is 49.3 Å². The van der Waals surface area contributed by atoms with Crippen LogP contribution in [0.3, 0.4) is 0 Å². The van der Waals surface area contributed by atoms with Crippen LogP contribution < -0.4 is 5.32 Å². The number of ether oxygens (including phenoxy) is 1. The zero-order valence-electron chi connectivity index (χ0n) is 11.3. The Morgan fingerprint density at radius 1 is 1.25 bits per heavy atom. The Hall–Kier alpha value is -0.120. The van der Waals surface area contributed by atoms with Crippen LogP contribution >= 0.6 is 0 Å². The molecule has 0 radical (unpaired) electrons. The molecule has 3 unspecified atom stereocenters. The van der Waals surface area contributed by atoms with Crippen molar-refractivity contribution >= 4 is 0 Å². The Kier molecular flexibility index (Phi) is 6.32. The summed E-state index contributed by atoms with van der Waals surface area (Å²) in [4.78, 5) is 2.54. The number of hydrogen-bond donors (Lipinski definition) is 1. The van der Waals surface area contributed by atoms with Gasteiger partial charge < -0.3 is 10.1 Å². The highest BCUT2D eigenvalue weighted by molar-refractivity contribution is 4.77. The summed E-state index contributed by atoms with van der Waals surface area (Å²) in [7, 11) is 0. The van der Waals surface area contributed by atoms with E-state index in [-0.39, 0.29) is 0 Å². The molecule has 0 aromatic rings. The van der Waals surface area contributed by atoms with Gasteiger partial charge in [-0.25, -0.2) is 0 Å². The summed E-state index contributed by atoms with van der Waals surface area (Å²) in [5.74, 6) is 0. The van der Waals surface area contributed by atoms with Gasteiger partial charge in [0.2, 0.25) is 0 Å². The molecule has 1 aliphatic heterocycles. The molecular weight excluding hydrogens is 200 g/mol. The maximum Gasteiger partial charge on any atom is 0.0678 e. The van der Waals surface area contributed by atoms with Crippen molar-refractivity contribution < 1.29 is 4.74 Å². The van der Waals surface area contributed by atoms with Crippen LogP contribution in [0, 0.1) is 0 Å². The van der Waals surface area contributed by atoms with Gasteiger partial charge in [-0.15, -0.1) is 0 Å². The summed E-state index contributed by atoms with van der Waals surface area (Å²) in [5.41, 5.74) is 0. The lowest BCUT2D eigenvalue weighted by atomic mass is 10.1. The van der Waals surface area contributed by atoms with E-state index < -0.39 is 0 Å². The smallest absolute Gasteiger partial charge is 0.0678 e. The fourth-order valence-corrected chi connectivity index (χ4v) is 2.43. The molecule has 1 N–H and O–H groups in total. The Bertz CT molecular complexity index is 177. The first kappa shape index (κ1) is 13.9. The average molecular weight is 228 g/mol. The normalized spacial score (nSPS) is 29.2. The first-order valence-corrected chi connectivity index (χ1v) is 6.76. The van der Waals surface area contributed by atoms with Crippen LogP contribution in [0.25, 0.3) is 0 Å². The second-order valence-electron chi connectivity index (χ2n) is 5.04. The predicted octanol–water partition coefficient (Wildman–Crippen LogP) is 1.87. The van der Waals surface area contributed by atoms with Gasteiger partial charge in [-0.3, -0.25) is 4.90 Å². The Morgan fingerprint density at radius 3 is 2.38 bits per heavy atom. The Balaban J connectivity index is 2.32. The lowest BCUT2D eigenvalue weighted by Gasteiger charge is -2.37. The third-order valence-electron chi connectivity index (χ3n) is 3.15. The maximum absolute atomic E-state index is 5.75. The van der Waals surface area contributed by atoms with Crippen molar-refractivity contribution in [1.29, 1.82) is 0 Å². The van der Waals surface area contributed by atoms with Crippen LogP contribution in [0.2, 0.25) is 0 Å². The highest BCUT2D eigenvalue weighted by Gasteiger charge is 2.23. The van der Waals surface area contributed by atoms with E-state index in [0.717, 1.165) is 26.2 Å². The molecule has 1 heterocycles. The van der Waals surface area contributed by atoms with Gasteiger partial charge in [0.15, 0.2) is 0 Å². The molecule has 1 rings (SSSR count). The van der Waals surface area contributed by atoms with Gasteiger partial charge in [-0.1, -0.05) is 13.8 Å². The highest BCUT2D eigenvalue weighted by atomic mass is 16.5. The van der Waals surface area contributed by atoms with Gasteiger partial charge in [-0.05, 0) is 33.2 Å². The number of nitrogens with zero attached hydrogens (tertiary/aromatic N) is 1. The molecule has 0 amide bonds. The minimum atomic E-state index is 0.382. The van der Waals surface area contributed by atoms with Gasteiger partial charge >= 0.3 is 0 Å². The monoisotopic (exact) mass is 228 g/mol. The summed E-state index contributed by atoms with van der Waals surface area (Å²) in [6, 6.07) is 0.637. The van der Waals surface area contributed by atoms with E-state index in [0.29, 0.717) is 18.2 Å². The zero-order valence-corrected chi connectivity index (χ0v) is 11.3. The van der Waals surface area contributed by atoms with Gasteiger partial charge in [0, 0.05) is 25.7 Å². The lowest BCUT2D eigenvalue weighted by molar-refractivity contribution is -0.0699. The lowest BCUT2D eigenvalue weighted by Crippen LogP contribution is -2.50. The molecule has 1 fully saturated rings. The second kappa shape index (κ2) is 7.25. The van der Waals surface area contributed by atoms with Crippen molar-refractivity contribution in [3.8, 4) is 0 Å². The quantitative estimate of drug-likeness (QED) is 0.751. The summed E-state index contributed by atoms with van der Waals surface area (Å²) < 4.78 is 5.75. The molecule has 1 aliphatic rings. The van der Waals surface area contributed by atoms with E-state index in [1.54, 1.807) is 0 Å².